The van der Waals surface area contributed by atoms with Crippen molar-refractivity contribution in [2.45, 2.75) is 19.4 Å². The van der Waals surface area contributed by atoms with Crippen molar-refractivity contribution in [1.82, 2.24) is 5.48 Å². The molecule has 0 radical (unpaired) electrons. The third-order valence-corrected chi connectivity index (χ3v) is 4.69. The van der Waals surface area contributed by atoms with Crippen molar-refractivity contribution < 1.29 is 10.0 Å². The molecule has 3 aromatic carbocycles. The first-order valence-corrected chi connectivity index (χ1v) is 9.10. The molecular weight excluding hydrogens is 336 g/mol. The summed E-state index contributed by atoms with van der Waals surface area (Å²) in [5.41, 5.74) is 5.83. The van der Waals surface area contributed by atoms with Crippen LogP contribution in [0, 0.1) is 0 Å². The third kappa shape index (κ3) is 4.54. The first kappa shape index (κ1) is 18.7. The fourth-order valence-corrected chi connectivity index (χ4v) is 3.27. The first-order valence-electron chi connectivity index (χ1n) is 9.10. The molecule has 0 heterocycles. The van der Waals surface area contributed by atoms with Gasteiger partial charge in [-0.1, -0.05) is 72.8 Å². The molecule has 4 heteroatoms. The zero-order valence-electron chi connectivity index (χ0n) is 15.4. The van der Waals surface area contributed by atoms with Gasteiger partial charge in [-0.15, -0.1) is 0 Å². The predicted molar refractivity (Wildman–Crippen MR) is 108 cm³/mol. The van der Waals surface area contributed by atoms with Crippen molar-refractivity contribution in [3.8, 4) is 0 Å². The number of hydroxylamine groups is 1. The Morgan fingerprint density at radius 3 is 2.00 bits per heavy atom. The summed E-state index contributed by atoms with van der Waals surface area (Å²) in [6, 6.07) is 27.8. The highest BCUT2D eigenvalue weighted by Gasteiger charge is 2.22. The molecule has 3 aromatic rings. The number of benzene rings is 3. The van der Waals surface area contributed by atoms with Crippen molar-refractivity contribution in [3.05, 3.63) is 102 Å². The number of carbonyl (C=O) groups excluding carboxylic acids is 1. The number of hydrogen-bond donors (Lipinski definition) is 2. The van der Waals surface area contributed by atoms with Crippen LogP contribution < -0.4 is 10.4 Å². The molecule has 0 spiro atoms. The van der Waals surface area contributed by atoms with Crippen molar-refractivity contribution in [1.29, 1.82) is 0 Å². The summed E-state index contributed by atoms with van der Waals surface area (Å²) in [4.78, 5) is 14.5. The Morgan fingerprint density at radius 1 is 0.889 bits per heavy atom. The number of nitrogens with zero attached hydrogens (tertiary/aromatic N) is 1. The molecule has 0 bridgehead atoms. The summed E-state index contributed by atoms with van der Waals surface area (Å²) < 4.78 is 0. The minimum atomic E-state index is -0.547. The van der Waals surface area contributed by atoms with Gasteiger partial charge in [-0.3, -0.25) is 10.0 Å². The Hall–Kier alpha value is -3.11. The highest BCUT2D eigenvalue weighted by Crippen LogP contribution is 2.27. The molecule has 0 aliphatic carbocycles. The Bertz CT molecular complexity index is 849. The second kappa shape index (κ2) is 9.01. The quantitative estimate of drug-likeness (QED) is 0.486. The summed E-state index contributed by atoms with van der Waals surface area (Å²) in [5.74, 6) is -0.986. The summed E-state index contributed by atoms with van der Waals surface area (Å²) in [6.45, 7) is 3.84. The normalized spacial score (nSPS) is 11.6. The molecule has 2 N–H and O–H groups in total. The Labute approximate surface area is 160 Å². The monoisotopic (exact) mass is 360 g/mol. The minimum absolute atomic E-state index is 0.439. The number of hydrogen-bond acceptors (Lipinski definition) is 3. The van der Waals surface area contributed by atoms with E-state index in [1.165, 1.54) is 5.56 Å². The van der Waals surface area contributed by atoms with Crippen molar-refractivity contribution in [2.75, 3.05) is 11.4 Å². The fraction of sp³-hybridized carbons (Fsp3) is 0.174. The highest BCUT2D eigenvalue weighted by molar-refractivity contribution is 5.86. The number of rotatable bonds is 7. The van der Waals surface area contributed by atoms with Crippen molar-refractivity contribution in [3.63, 3.8) is 0 Å². The molecule has 1 atom stereocenters. The van der Waals surface area contributed by atoms with Gasteiger partial charge >= 0.3 is 0 Å². The van der Waals surface area contributed by atoms with E-state index < -0.39 is 11.8 Å². The van der Waals surface area contributed by atoms with Crippen LogP contribution in [0.4, 0.5) is 5.69 Å². The van der Waals surface area contributed by atoms with E-state index in [-0.39, 0.29) is 0 Å². The largest absolute Gasteiger partial charge is 0.367 e. The number of carbonyl (C=O) groups is 1. The van der Waals surface area contributed by atoms with Crippen LogP contribution in [0.5, 0.6) is 0 Å². The molecule has 1 unspecified atom stereocenters. The number of amides is 1. The lowest BCUT2D eigenvalue weighted by atomic mass is 9.90. The SMILES string of the molecule is CCN(Cc1ccccc1)c1ccc(C(C(=O)NO)c2ccccc2)cc1. The molecule has 0 saturated heterocycles. The van der Waals surface area contributed by atoms with E-state index in [2.05, 4.69) is 24.0 Å². The van der Waals surface area contributed by atoms with Crippen LogP contribution in [-0.4, -0.2) is 17.7 Å². The lowest BCUT2D eigenvalue weighted by Crippen LogP contribution is -2.27. The Morgan fingerprint density at radius 2 is 1.44 bits per heavy atom. The summed E-state index contributed by atoms with van der Waals surface area (Å²) >= 11 is 0. The maximum atomic E-state index is 12.3. The van der Waals surface area contributed by atoms with E-state index in [1.54, 1.807) is 5.48 Å². The topological polar surface area (TPSA) is 52.6 Å². The van der Waals surface area contributed by atoms with Crippen LogP contribution in [0.1, 0.15) is 29.5 Å². The van der Waals surface area contributed by atoms with Crippen LogP contribution in [-0.2, 0) is 11.3 Å². The number of nitrogens with one attached hydrogen (secondary N) is 1. The molecule has 0 aliphatic heterocycles. The van der Waals surface area contributed by atoms with E-state index in [0.29, 0.717) is 0 Å². The molecule has 4 nitrogen and oxygen atoms in total. The second-order valence-corrected chi connectivity index (χ2v) is 6.41. The van der Waals surface area contributed by atoms with Gasteiger partial charge in [-0.25, -0.2) is 5.48 Å². The van der Waals surface area contributed by atoms with Crippen molar-refractivity contribution >= 4 is 11.6 Å². The zero-order valence-corrected chi connectivity index (χ0v) is 15.4. The molecule has 138 valence electrons. The van der Waals surface area contributed by atoms with Crippen LogP contribution in [0.15, 0.2) is 84.9 Å². The average Bonchev–Trinajstić information content (AvgIpc) is 2.74. The molecule has 0 fully saturated rings. The van der Waals surface area contributed by atoms with Crippen LogP contribution in [0.2, 0.25) is 0 Å². The van der Waals surface area contributed by atoms with Gasteiger partial charge in [0.05, 0.1) is 5.92 Å². The van der Waals surface area contributed by atoms with E-state index >= 15 is 0 Å². The van der Waals surface area contributed by atoms with E-state index in [1.807, 2.05) is 72.8 Å². The summed E-state index contributed by atoms with van der Waals surface area (Å²) in [6.07, 6.45) is 0. The molecule has 27 heavy (non-hydrogen) atoms. The van der Waals surface area contributed by atoms with Gasteiger partial charge in [-0.05, 0) is 35.7 Å². The summed E-state index contributed by atoms with van der Waals surface area (Å²) in [7, 11) is 0. The Balaban J connectivity index is 1.85. The maximum Gasteiger partial charge on any atom is 0.255 e. The van der Waals surface area contributed by atoms with E-state index in [0.717, 1.165) is 29.9 Å². The number of anilines is 1. The van der Waals surface area contributed by atoms with Crippen LogP contribution in [0.3, 0.4) is 0 Å². The van der Waals surface area contributed by atoms with Gasteiger partial charge in [0.25, 0.3) is 5.91 Å². The van der Waals surface area contributed by atoms with Gasteiger partial charge in [-0.2, -0.15) is 0 Å². The van der Waals surface area contributed by atoms with E-state index in [9.17, 15) is 4.79 Å². The first-order chi connectivity index (χ1) is 13.2. The van der Waals surface area contributed by atoms with Crippen LogP contribution in [0.25, 0.3) is 0 Å². The Kier molecular flexibility index (Phi) is 6.23. The highest BCUT2D eigenvalue weighted by atomic mass is 16.5. The minimum Gasteiger partial charge on any atom is -0.367 e. The fourth-order valence-electron chi connectivity index (χ4n) is 3.27. The second-order valence-electron chi connectivity index (χ2n) is 6.41. The van der Waals surface area contributed by atoms with Gasteiger partial charge in [0.15, 0.2) is 0 Å². The predicted octanol–water partition coefficient (Wildman–Crippen LogP) is 4.35. The molecule has 1 amide bonds. The smallest absolute Gasteiger partial charge is 0.255 e. The van der Waals surface area contributed by atoms with Crippen LogP contribution >= 0.6 is 0 Å². The molecule has 0 aliphatic rings. The zero-order chi connectivity index (χ0) is 19.1. The van der Waals surface area contributed by atoms with Crippen molar-refractivity contribution in [2.24, 2.45) is 0 Å². The molecule has 3 rings (SSSR count). The van der Waals surface area contributed by atoms with Gasteiger partial charge in [0.1, 0.15) is 0 Å². The van der Waals surface area contributed by atoms with E-state index in [4.69, 9.17) is 5.21 Å². The molecule has 0 aromatic heterocycles. The average molecular weight is 360 g/mol. The lowest BCUT2D eigenvalue weighted by Gasteiger charge is -2.24. The third-order valence-electron chi connectivity index (χ3n) is 4.69. The standard InChI is InChI=1S/C23H24N2O2/c1-2-25(17-18-9-5-3-6-10-18)21-15-13-20(14-16-21)22(23(26)24-27)19-11-7-4-8-12-19/h3-16,22,27H,2,17H2,1H3,(H,24,26). The lowest BCUT2D eigenvalue weighted by molar-refractivity contribution is -0.129. The van der Waals surface area contributed by atoms with Gasteiger partial charge in [0.2, 0.25) is 0 Å². The van der Waals surface area contributed by atoms with Gasteiger partial charge in [0, 0.05) is 18.8 Å². The maximum absolute atomic E-state index is 12.3. The molecular formula is C23H24N2O2. The summed E-state index contributed by atoms with van der Waals surface area (Å²) in [5, 5.41) is 9.17. The molecule has 0 saturated carbocycles. The van der Waals surface area contributed by atoms with Gasteiger partial charge < -0.3 is 4.90 Å².